The molecular weight excluding hydrogens is 407 g/mol. The van der Waals surface area contributed by atoms with Gasteiger partial charge in [0.2, 0.25) is 0 Å². The van der Waals surface area contributed by atoms with Crippen LogP contribution >= 0.6 is 0 Å². The zero-order chi connectivity index (χ0) is 21.9. The second-order valence-corrected chi connectivity index (χ2v) is 7.72. The van der Waals surface area contributed by atoms with Crippen molar-refractivity contribution in [1.29, 1.82) is 0 Å². The van der Waals surface area contributed by atoms with Crippen LogP contribution in [0.3, 0.4) is 0 Å². The number of halogens is 3. The molecule has 8 heteroatoms. The Hall–Kier alpha value is -3.13. The Balaban J connectivity index is 1.42. The Kier molecular flexibility index (Phi) is 5.82. The van der Waals surface area contributed by atoms with Crippen molar-refractivity contribution in [2.45, 2.75) is 25.7 Å². The summed E-state index contributed by atoms with van der Waals surface area (Å²) in [5, 5.41) is 4.12. The summed E-state index contributed by atoms with van der Waals surface area (Å²) >= 11 is 0. The van der Waals surface area contributed by atoms with Crippen molar-refractivity contribution in [3.8, 4) is 5.69 Å². The predicted molar refractivity (Wildman–Crippen MR) is 108 cm³/mol. The van der Waals surface area contributed by atoms with Gasteiger partial charge in [0.15, 0.2) is 5.41 Å². The molecule has 3 aromatic rings. The van der Waals surface area contributed by atoms with Crippen molar-refractivity contribution >= 4 is 5.97 Å². The summed E-state index contributed by atoms with van der Waals surface area (Å²) in [6.07, 6.45) is -1.56. The molecule has 1 aliphatic rings. The van der Waals surface area contributed by atoms with Gasteiger partial charge >= 0.3 is 12.1 Å². The van der Waals surface area contributed by atoms with E-state index in [0.717, 1.165) is 11.3 Å². The smallest absolute Gasteiger partial charge is 0.406 e. The van der Waals surface area contributed by atoms with Gasteiger partial charge in [0.1, 0.15) is 6.61 Å². The number of benzene rings is 2. The molecule has 0 spiro atoms. The lowest BCUT2D eigenvalue weighted by Gasteiger charge is -2.29. The first-order valence-electron chi connectivity index (χ1n) is 9.97. The molecule has 5 nitrogen and oxygen atoms in total. The summed E-state index contributed by atoms with van der Waals surface area (Å²) in [7, 11) is 0. The van der Waals surface area contributed by atoms with Crippen LogP contribution in [0.4, 0.5) is 13.2 Å². The maximum Gasteiger partial charge on any atom is 0.406 e. The van der Waals surface area contributed by atoms with Crippen molar-refractivity contribution in [2.24, 2.45) is 5.41 Å². The maximum absolute atomic E-state index is 14.0. The van der Waals surface area contributed by atoms with E-state index in [0.29, 0.717) is 12.1 Å². The van der Waals surface area contributed by atoms with Crippen LogP contribution in [-0.2, 0) is 22.7 Å². The molecule has 2 aromatic carbocycles. The van der Waals surface area contributed by atoms with Gasteiger partial charge in [0, 0.05) is 32.0 Å². The zero-order valence-electron chi connectivity index (χ0n) is 16.8. The second kappa shape index (κ2) is 8.55. The normalized spacial score (nSPS) is 19.5. The summed E-state index contributed by atoms with van der Waals surface area (Å²) in [6, 6.07) is 18.0. The van der Waals surface area contributed by atoms with Gasteiger partial charge in [-0.3, -0.25) is 9.69 Å². The van der Waals surface area contributed by atoms with E-state index in [-0.39, 0.29) is 19.6 Å². The van der Waals surface area contributed by atoms with Gasteiger partial charge in [-0.15, -0.1) is 0 Å². The van der Waals surface area contributed by atoms with Crippen LogP contribution in [-0.4, -0.2) is 39.9 Å². The predicted octanol–water partition coefficient (Wildman–Crippen LogP) is 4.37. The lowest BCUT2D eigenvalue weighted by atomic mass is 9.86. The lowest BCUT2D eigenvalue weighted by Crippen LogP contribution is -2.48. The molecule has 1 unspecified atom stereocenters. The number of likely N-dealkylation sites (tertiary alicyclic amines) is 1. The number of hydrogen-bond donors (Lipinski definition) is 0. The van der Waals surface area contributed by atoms with Crippen molar-refractivity contribution in [1.82, 2.24) is 14.7 Å². The monoisotopic (exact) mass is 429 g/mol. The third-order valence-corrected chi connectivity index (χ3v) is 5.61. The van der Waals surface area contributed by atoms with Gasteiger partial charge in [-0.25, -0.2) is 4.68 Å². The first kappa shape index (κ1) is 21.1. The highest BCUT2D eigenvalue weighted by Gasteiger charge is 2.64. The molecule has 1 aliphatic heterocycles. The second-order valence-electron chi connectivity index (χ2n) is 7.72. The Morgan fingerprint density at radius 3 is 2.42 bits per heavy atom. The first-order valence-corrected chi connectivity index (χ1v) is 9.97. The minimum absolute atomic E-state index is 0.183. The third kappa shape index (κ3) is 4.49. The van der Waals surface area contributed by atoms with Crippen LogP contribution in [0.1, 0.15) is 17.5 Å². The van der Waals surface area contributed by atoms with Crippen molar-refractivity contribution in [2.75, 3.05) is 13.1 Å². The Bertz CT molecular complexity index is 1000. The number of esters is 1. The van der Waals surface area contributed by atoms with Crippen LogP contribution in [0.2, 0.25) is 0 Å². The highest BCUT2D eigenvalue weighted by atomic mass is 19.4. The van der Waals surface area contributed by atoms with Crippen LogP contribution in [0.5, 0.6) is 0 Å². The molecule has 31 heavy (non-hydrogen) atoms. The number of rotatable bonds is 6. The van der Waals surface area contributed by atoms with Gasteiger partial charge in [-0.1, -0.05) is 42.5 Å². The van der Waals surface area contributed by atoms with Crippen LogP contribution < -0.4 is 0 Å². The van der Waals surface area contributed by atoms with E-state index < -0.39 is 24.1 Å². The number of carbonyl (C=O) groups is 1. The minimum atomic E-state index is -4.68. The van der Waals surface area contributed by atoms with E-state index in [4.69, 9.17) is 4.74 Å². The van der Waals surface area contributed by atoms with Crippen LogP contribution in [0.25, 0.3) is 5.69 Å². The van der Waals surface area contributed by atoms with E-state index in [1.165, 1.54) is 0 Å². The number of carbonyl (C=O) groups excluding carboxylic acids is 1. The van der Waals surface area contributed by atoms with Gasteiger partial charge in [-0.2, -0.15) is 18.3 Å². The lowest BCUT2D eigenvalue weighted by molar-refractivity contribution is -0.231. The van der Waals surface area contributed by atoms with Gasteiger partial charge in [0.05, 0.1) is 5.69 Å². The molecule has 0 bridgehead atoms. The molecule has 0 saturated carbocycles. The first-order chi connectivity index (χ1) is 14.9. The highest BCUT2D eigenvalue weighted by Crippen LogP contribution is 2.46. The van der Waals surface area contributed by atoms with Gasteiger partial charge < -0.3 is 4.74 Å². The Labute approximate surface area is 178 Å². The number of hydrogen-bond acceptors (Lipinski definition) is 4. The minimum Gasteiger partial charge on any atom is -0.460 e. The fourth-order valence-corrected chi connectivity index (χ4v) is 3.83. The molecule has 1 atom stereocenters. The zero-order valence-corrected chi connectivity index (χ0v) is 16.8. The fourth-order valence-electron chi connectivity index (χ4n) is 3.83. The standard InChI is InChI=1S/C23H22F3N3O2/c24-23(25,26)22(11-14-28(17-22)15-18-5-2-1-3-6-18)21(30)31-16-19-7-9-20(10-8-19)29-13-4-12-27-29/h1-10,12-13H,11,14-17H2. The molecule has 0 N–H and O–H groups in total. The summed E-state index contributed by atoms with van der Waals surface area (Å²) in [5.74, 6) is -1.22. The van der Waals surface area contributed by atoms with Crippen molar-refractivity contribution in [3.05, 3.63) is 84.2 Å². The molecule has 1 aromatic heterocycles. The number of ether oxygens (including phenoxy) is 1. The number of aromatic nitrogens is 2. The van der Waals surface area contributed by atoms with Crippen molar-refractivity contribution in [3.63, 3.8) is 0 Å². The quantitative estimate of drug-likeness (QED) is 0.546. The van der Waals surface area contributed by atoms with Gasteiger partial charge in [0.25, 0.3) is 0 Å². The van der Waals surface area contributed by atoms with Crippen LogP contribution in [0, 0.1) is 5.41 Å². The molecule has 0 aliphatic carbocycles. The molecular formula is C23H22F3N3O2. The van der Waals surface area contributed by atoms with Crippen molar-refractivity contribution < 1.29 is 22.7 Å². The topological polar surface area (TPSA) is 47.4 Å². The fraction of sp³-hybridized carbons (Fsp3) is 0.304. The van der Waals surface area contributed by atoms with E-state index in [2.05, 4.69) is 5.10 Å². The van der Waals surface area contributed by atoms with E-state index in [9.17, 15) is 18.0 Å². The maximum atomic E-state index is 14.0. The average molecular weight is 429 g/mol. The van der Waals surface area contributed by atoms with E-state index in [1.807, 2.05) is 30.3 Å². The number of alkyl halides is 3. The van der Waals surface area contributed by atoms with E-state index in [1.54, 1.807) is 52.3 Å². The average Bonchev–Trinajstić information content (AvgIpc) is 3.44. The molecule has 162 valence electrons. The molecule has 4 rings (SSSR count). The summed E-state index contributed by atoms with van der Waals surface area (Å²) in [6.45, 7) is -0.0693. The van der Waals surface area contributed by atoms with E-state index >= 15 is 0 Å². The van der Waals surface area contributed by atoms with Gasteiger partial charge in [-0.05, 0) is 35.7 Å². The summed E-state index contributed by atoms with van der Waals surface area (Å²) in [5.41, 5.74) is -0.178. The SMILES string of the molecule is O=C(OCc1ccc(-n2cccn2)cc1)C1(C(F)(F)F)CCN(Cc2ccccc2)C1. The third-order valence-electron chi connectivity index (χ3n) is 5.61. The summed E-state index contributed by atoms with van der Waals surface area (Å²) in [4.78, 5) is 14.3. The Morgan fingerprint density at radius 2 is 1.77 bits per heavy atom. The summed E-state index contributed by atoms with van der Waals surface area (Å²) < 4.78 is 48.8. The molecule has 0 radical (unpaired) electrons. The molecule has 0 amide bonds. The largest absolute Gasteiger partial charge is 0.460 e. The number of nitrogens with zero attached hydrogens (tertiary/aromatic N) is 3. The highest BCUT2D eigenvalue weighted by molar-refractivity contribution is 5.78. The molecule has 2 heterocycles. The Morgan fingerprint density at radius 1 is 1.03 bits per heavy atom. The molecule has 1 saturated heterocycles. The van der Waals surface area contributed by atoms with Crippen LogP contribution in [0.15, 0.2) is 73.1 Å². The molecule has 1 fully saturated rings.